The maximum absolute atomic E-state index is 11.9. The summed E-state index contributed by atoms with van der Waals surface area (Å²) in [5.74, 6) is -4.06. The Labute approximate surface area is 130 Å². The average Bonchev–Trinajstić information content (AvgIpc) is 2.47. The first-order valence-electron chi connectivity index (χ1n) is 7.78. The molecule has 0 aliphatic heterocycles. The number of hydrogen-bond donors (Lipinski definition) is 3. The van der Waals surface area contributed by atoms with Gasteiger partial charge in [0.2, 0.25) is 0 Å². The number of hydrogen-bond acceptors (Lipinski definition) is 6. The van der Waals surface area contributed by atoms with Gasteiger partial charge in [-0.25, -0.2) is 0 Å². The highest BCUT2D eigenvalue weighted by molar-refractivity contribution is 5.77. The molecule has 7 heteroatoms. The third-order valence-electron chi connectivity index (χ3n) is 4.17. The van der Waals surface area contributed by atoms with Gasteiger partial charge in [-0.2, -0.15) is 0 Å². The van der Waals surface area contributed by atoms with Crippen LogP contribution in [0.4, 0.5) is 0 Å². The second-order valence-electron chi connectivity index (χ2n) is 5.56. The van der Waals surface area contributed by atoms with E-state index < -0.39 is 42.1 Å². The van der Waals surface area contributed by atoms with Gasteiger partial charge in [0.05, 0.1) is 36.8 Å². The minimum Gasteiger partial charge on any atom is -0.481 e. The molecule has 3 N–H and O–H groups in total. The zero-order valence-corrected chi connectivity index (χ0v) is 13.3. The molecule has 1 saturated carbocycles. The van der Waals surface area contributed by atoms with Gasteiger partial charge in [-0.05, 0) is 26.2 Å². The van der Waals surface area contributed by atoms with E-state index in [0.717, 1.165) is 0 Å². The van der Waals surface area contributed by atoms with Crippen molar-refractivity contribution < 1.29 is 34.4 Å². The standard InChI is InChI=1S/C15H26O7/c1-4-8(5-2)22-13-11(16)9(14(18)19)7-10(12(13)17)15(20)21-6-3/h8-13,16-17H,4-7H2,1-3H3,(H,18,19)/t9-,10+,11-,12+,13-/m0/s1. The monoisotopic (exact) mass is 318 g/mol. The fourth-order valence-corrected chi connectivity index (χ4v) is 2.81. The summed E-state index contributed by atoms with van der Waals surface area (Å²) in [6, 6.07) is 0. The van der Waals surface area contributed by atoms with Gasteiger partial charge in [0.25, 0.3) is 0 Å². The number of aliphatic carboxylic acids is 1. The van der Waals surface area contributed by atoms with Gasteiger partial charge < -0.3 is 24.8 Å². The normalized spacial score (nSPS) is 32.0. The quantitative estimate of drug-likeness (QED) is 0.588. The Bertz CT molecular complexity index is 380. The molecule has 128 valence electrons. The predicted molar refractivity (Wildman–Crippen MR) is 77.1 cm³/mol. The summed E-state index contributed by atoms with van der Waals surface area (Å²) in [6.07, 6.45) is -2.83. The van der Waals surface area contributed by atoms with Crippen molar-refractivity contribution in [3.05, 3.63) is 0 Å². The molecule has 5 atom stereocenters. The van der Waals surface area contributed by atoms with Crippen molar-refractivity contribution in [1.82, 2.24) is 0 Å². The first kappa shape index (κ1) is 18.9. The number of aliphatic hydroxyl groups excluding tert-OH is 2. The van der Waals surface area contributed by atoms with Crippen LogP contribution in [0.2, 0.25) is 0 Å². The second kappa shape index (κ2) is 8.45. The molecule has 0 amide bonds. The SMILES string of the molecule is CCOC(=O)[C@@H]1C[C@H](C(=O)O)[C@H](O)[C@H](OC(CC)CC)[C@@H]1O. The number of carboxylic acids is 1. The lowest BCUT2D eigenvalue weighted by molar-refractivity contribution is -0.199. The predicted octanol–water partition coefficient (Wildman–Crippen LogP) is 0.566. The summed E-state index contributed by atoms with van der Waals surface area (Å²) in [7, 11) is 0. The maximum Gasteiger partial charge on any atom is 0.311 e. The molecule has 22 heavy (non-hydrogen) atoms. The number of ether oxygens (including phenoxy) is 2. The molecular formula is C15H26O7. The van der Waals surface area contributed by atoms with E-state index in [1.165, 1.54) is 0 Å². The van der Waals surface area contributed by atoms with Crippen molar-refractivity contribution in [2.24, 2.45) is 11.8 Å². The van der Waals surface area contributed by atoms with Crippen LogP contribution in [-0.2, 0) is 19.1 Å². The largest absolute Gasteiger partial charge is 0.481 e. The fraction of sp³-hybridized carbons (Fsp3) is 0.867. The third kappa shape index (κ3) is 4.18. The molecule has 0 aromatic heterocycles. The van der Waals surface area contributed by atoms with Gasteiger partial charge in [-0.15, -0.1) is 0 Å². The highest BCUT2D eigenvalue weighted by Crippen LogP contribution is 2.34. The summed E-state index contributed by atoms with van der Waals surface area (Å²) in [6.45, 7) is 5.57. The van der Waals surface area contributed by atoms with Gasteiger partial charge in [0.1, 0.15) is 6.10 Å². The van der Waals surface area contributed by atoms with Crippen LogP contribution in [0.15, 0.2) is 0 Å². The Kier molecular flexibility index (Phi) is 7.25. The van der Waals surface area contributed by atoms with Crippen molar-refractivity contribution in [2.45, 2.75) is 64.4 Å². The van der Waals surface area contributed by atoms with Crippen LogP contribution in [0, 0.1) is 11.8 Å². The fourth-order valence-electron chi connectivity index (χ4n) is 2.81. The van der Waals surface area contributed by atoms with Crippen LogP contribution in [0.3, 0.4) is 0 Å². The summed E-state index contributed by atoms with van der Waals surface area (Å²) < 4.78 is 10.6. The summed E-state index contributed by atoms with van der Waals surface area (Å²) in [5, 5.41) is 29.8. The Morgan fingerprint density at radius 3 is 2.09 bits per heavy atom. The second-order valence-corrected chi connectivity index (χ2v) is 5.56. The molecule has 0 unspecified atom stereocenters. The number of esters is 1. The van der Waals surface area contributed by atoms with Gasteiger partial charge in [0, 0.05) is 0 Å². The van der Waals surface area contributed by atoms with Crippen LogP contribution in [0.1, 0.15) is 40.0 Å². The Hall–Kier alpha value is -1.18. The lowest BCUT2D eigenvalue weighted by atomic mass is 9.75. The van der Waals surface area contributed by atoms with E-state index in [4.69, 9.17) is 9.47 Å². The third-order valence-corrected chi connectivity index (χ3v) is 4.17. The Morgan fingerprint density at radius 2 is 1.64 bits per heavy atom. The Morgan fingerprint density at radius 1 is 1.09 bits per heavy atom. The number of rotatable bonds is 7. The highest BCUT2D eigenvalue weighted by atomic mass is 16.5. The summed E-state index contributed by atoms with van der Waals surface area (Å²) in [5.41, 5.74) is 0. The molecular weight excluding hydrogens is 292 g/mol. The first-order chi connectivity index (χ1) is 10.4. The molecule has 1 aliphatic rings. The molecule has 0 aromatic carbocycles. The number of aliphatic hydroxyl groups is 2. The van der Waals surface area contributed by atoms with Crippen molar-refractivity contribution >= 4 is 11.9 Å². The lowest BCUT2D eigenvalue weighted by Gasteiger charge is -2.41. The Balaban J connectivity index is 2.99. The average molecular weight is 318 g/mol. The van der Waals surface area contributed by atoms with Gasteiger partial charge >= 0.3 is 11.9 Å². The summed E-state index contributed by atoms with van der Waals surface area (Å²) in [4.78, 5) is 23.3. The number of carbonyl (C=O) groups excluding carboxylic acids is 1. The summed E-state index contributed by atoms with van der Waals surface area (Å²) >= 11 is 0. The van der Waals surface area contributed by atoms with Crippen molar-refractivity contribution in [3.8, 4) is 0 Å². The van der Waals surface area contributed by atoms with Crippen LogP contribution >= 0.6 is 0 Å². The molecule has 0 bridgehead atoms. The zero-order valence-electron chi connectivity index (χ0n) is 13.3. The van der Waals surface area contributed by atoms with E-state index in [2.05, 4.69) is 0 Å². The number of carbonyl (C=O) groups is 2. The van der Waals surface area contributed by atoms with E-state index in [-0.39, 0.29) is 19.1 Å². The van der Waals surface area contributed by atoms with Crippen LogP contribution in [0.5, 0.6) is 0 Å². The molecule has 7 nitrogen and oxygen atoms in total. The van der Waals surface area contributed by atoms with Crippen LogP contribution in [0.25, 0.3) is 0 Å². The molecule has 0 heterocycles. The van der Waals surface area contributed by atoms with Crippen LogP contribution < -0.4 is 0 Å². The van der Waals surface area contributed by atoms with Crippen molar-refractivity contribution in [2.75, 3.05) is 6.61 Å². The van der Waals surface area contributed by atoms with E-state index >= 15 is 0 Å². The van der Waals surface area contributed by atoms with Gasteiger partial charge in [-0.3, -0.25) is 9.59 Å². The molecule has 1 aliphatic carbocycles. The molecule has 1 fully saturated rings. The smallest absolute Gasteiger partial charge is 0.311 e. The molecule has 0 spiro atoms. The van der Waals surface area contributed by atoms with E-state index in [1.807, 2.05) is 13.8 Å². The molecule has 0 saturated heterocycles. The van der Waals surface area contributed by atoms with E-state index in [0.29, 0.717) is 12.8 Å². The zero-order chi connectivity index (χ0) is 16.9. The first-order valence-corrected chi connectivity index (χ1v) is 7.78. The minimum absolute atomic E-state index is 0.139. The number of carboxylic acid groups (broad SMARTS) is 1. The lowest BCUT2D eigenvalue weighted by Crippen LogP contribution is -2.57. The molecule has 1 rings (SSSR count). The molecule has 0 aromatic rings. The maximum atomic E-state index is 11.9. The van der Waals surface area contributed by atoms with Gasteiger partial charge in [0.15, 0.2) is 0 Å². The topological polar surface area (TPSA) is 113 Å². The van der Waals surface area contributed by atoms with Crippen molar-refractivity contribution in [1.29, 1.82) is 0 Å². The van der Waals surface area contributed by atoms with Gasteiger partial charge in [-0.1, -0.05) is 13.8 Å². The van der Waals surface area contributed by atoms with E-state index in [1.54, 1.807) is 6.92 Å². The van der Waals surface area contributed by atoms with Crippen LogP contribution in [-0.4, -0.2) is 58.3 Å². The minimum atomic E-state index is -1.36. The molecule has 0 radical (unpaired) electrons. The van der Waals surface area contributed by atoms with Crippen molar-refractivity contribution in [3.63, 3.8) is 0 Å². The highest BCUT2D eigenvalue weighted by Gasteiger charge is 2.50. The van der Waals surface area contributed by atoms with E-state index in [9.17, 15) is 24.9 Å².